The molecule has 1 aliphatic heterocycles. The predicted molar refractivity (Wildman–Crippen MR) is 90.0 cm³/mol. The number of carbonyl (C=O) groups excluding carboxylic acids is 1. The molecule has 2 aromatic carbocycles. The second-order valence-corrected chi connectivity index (χ2v) is 6.33. The van der Waals surface area contributed by atoms with Crippen molar-refractivity contribution in [3.8, 4) is 0 Å². The highest BCUT2D eigenvalue weighted by molar-refractivity contribution is 6.31. The largest absolute Gasteiger partial charge is 0.335 e. The minimum atomic E-state index is 0.164. The molecule has 2 aromatic rings. The Kier molecular flexibility index (Phi) is 4.49. The van der Waals surface area contributed by atoms with Gasteiger partial charge in [-0.3, -0.25) is 4.79 Å². The van der Waals surface area contributed by atoms with E-state index < -0.39 is 0 Å². The summed E-state index contributed by atoms with van der Waals surface area (Å²) in [5.41, 5.74) is 3.39. The summed E-state index contributed by atoms with van der Waals surface area (Å²) in [4.78, 5) is 14.7. The maximum Gasteiger partial charge on any atom is 0.227 e. The first kappa shape index (κ1) is 15.1. The highest BCUT2D eigenvalue weighted by Gasteiger charge is 2.29. The first-order valence-corrected chi connectivity index (χ1v) is 8.12. The van der Waals surface area contributed by atoms with Gasteiger partial charge < -0.3 is 4.90 Å². The van der Waals surface area contributed by atoms with E-state index in [2.05, 4.69) is 31.2 Å². The van der Waals surface area contributed by atoms with Gasteiger partial charge in [0.15, 0.2) is 0 Å². The number of halogens is 1. The number of hydrogen-bond donors (Lipinski definition) is 0. The van der Waals surface area contributed by atoms with Crippen molar-refractivity contribution < 1.29 is 4.79 Å². The Morgan fingerprint density at radius 2 is 2.05 bits per heavy atom. The molecule has 1 atom stereocenters. The second kappa shape index (κ2) is 6.53. The van der Waals surface area contributed by atoms with E-state index in [9.17, 15) is 4.79 Å². The summed E-state index contributed by atoms with van der Waals surface area (Å²) < 4.78 is 0. The molecular weight excluding hydrogens is 294 g/mol. The Balaban J connectivity index is 1.78. The number of rotatable bonds is 3. The lowest BCUT2D eigenvalue weighted by Gasteiger charge is -2.25. The molecule has 0 aliphatic carbocycles. The van der Waals surface area contributed by atoms with Crippen LogP contribution in [0.3, 0.4) is 0 Å². The van der Waals surface area contributed by atoms with E-state index in [1.165, 1.54) is 11.1 Å². The summed E-state index contributed by atoms with van der Waals surface area (Å²) in [6, 6.07) is 16.3. The van der Waals surface area contributed by atoms with E-state index in [-0.39, 0.29) is 11.9 Å². The summed E-state index contributed by atoms with van der Waals surface area (Å²) in [6.07, 6.45) is 2.48. The number of aryl methyl sites for hydroxylation is 1. The maximum absolute atomic E-state index is 12.7. The van der Waals surface area contributed by atoms with Crippen LogP contribution in [0.25, 0.3) is 0 Å². The highest BCUT2D eigenvalue weighted by Crippen LogP contribution is 2.33. The van der Waals surface area contributed by atoms with Crippen molar-refractivity contribution in [3.63, 3.8) is 0 Å². The van der Waals surface area contributed by atoms with E-state index in [0.717, 1.165) is 24.9 Å². The average molecular weight is 314 g/mol. The lowest BCUT2D eigenvalue weighted by atomic mass is 10.0. The second-order valence-electron chi connectivity index (χ2n) is 5.93. The quantitative estimate of drug-likeness (QED) is 0.813. The number of nitrogens with zero attached hydrogens (tertiary/aromatic N) is 1. The lowest BCUT2D eigenvalue weighted by molar-refractivity contribution is -0.131. The van der Waals surface area contributed by atoms with E-state index in [1.54, 1.807) is 0 Å². The molecule has 1 heterocycles. The average Bonchev–Trinajstić information content (AvgIpc) is 2.99. The molecule has 0 radical (unpaired) electrons. The van der Waals surface area contributed by atoms with Crippen LogP contribution in [-0.4, -0.2) is 17.4 Å². The Morgan fingerprint density at radius 1 is 1.23 bits per heavy atom. The molecular formula is C19H20ClNO. The predicted octanol–water partition coefficient (Wildman–Crippen LogP) is 4.55. The van der Waals surface area contributed by atoms with Crippen LogP contribution in [0.15, 0.2) is 48.5 Å². The Bertz CT molecular complexity index is 683. The zero-order valence-corrected chi connectivity index (χ0v) is 13.5. The lowest BCUT2D eigenvalue weighted by Crippen LogP contribution is -2.31. The van der Waals surface area contributed by atoms with Crippen molar-refractivity contribution in [3.05, 3.63) is 70.2 Å². The van der Waals surface area contributed by atoms with Crippen LogP contribution in [0.1, 0.15) is 35.6 Å². The molecule has 3 heteroatoms. The van der Waals surface area contributed by atoms with Crippen molar-refractivity contribution in [1.82, 2.24) is 4.90 Å². The third-order valence-corrected chi connectivity index (χ3v) is 4.67. The highest BCUT2D eigenvalue weighted by atomic mass is 35.5. The summed E-state index contributed by atoms with van der Waals surface area (Å²) in [5, 5.41) is 0.669. The van der Waals surface area contributed by atoms with Crippen LogP contribution < -0.4 is 0 Å². The number of likely N-dealkylation sites (tertiary alicyclic amines) is 1. The fraction of sp³-hybridized carbons (Fsp3) is 0.316. The van der Waals surface area contributed by atoms with Crippen LogP contribution in [0, 0.1) is 6.92 Å². The molecule has 22 heavy (non-hydrogen) atoms. The van der Waals surface area contributed by atoms with E-state index in [1.807, 2.05) is 29.2 Å². The molecule has 1 unspecified atom stereocenters. The van der Waals surface area contributed by atoms with Crippen LogP contribution in [0.2, 0.25) is 5.02 Å². The molecule has 0 aromatic heterocycles. The molecule has 114 valence electrons. The molecule has 0 saturated carbocycles. The zero-order chi connectivity index (χ0) is 15.5. The van der Waals surface area contributed by atoms with Crippen LogP contribution >= 0.6 is 11.6 Å². The van der Waals surface area contributed by atoms with Gasteiger partial charge in [-0.2, -0.15) is 0 Å². The molecule has 0 spiro atoms. The Morgan fingerprint density at radius 3 is 2.82 bits per heavy atom. The normalized spacial score (nSPS) is 17.7. The Labute approximate surface area is 136 Å². The van der Waals surface area contributed by atoms with Crippen molar-refractivity contribution in [2.24, 2.45) is 0 Å². The van der Waals surface area contributed by atoms with Gasteiger partial charge in [-0.25, -0.2) is 0 Å². The summed E-state index contributed by atoms with van der Waals surface area (Å²) in [7, 11) is 0. The van der Waals surface area contributed by atoms with Gasteiger partial charge in [0.05, 0.1) is 12.5 Å². The third kappa shape index (κ3) is 3.17. The van der Waals surface area contributed by atoms with Gasteiger partial charge in [0.25, 0.3) is 0 Å². The molecule has 3 rings (SSSR count). The van der Waals surface area contributed by atoms with Gasteiger partial charge >= 0.3 is 0 Å². The van der Waals surface area contributed by atoms with Crippen LogP contribution in [-0.2, 0) is 11.2 Å². The number of carbonyl (C=O) groups is 1. The molecule has 1 aliphatic rings. The summed E-state index contributed by atoms with van der Waals surface area (Å²) >= 11 is 6.18. The summed E-state index contributed by atoms with van der Waals surface area (Å²) in [6.45, 7) is 2.93. The van der Waals surface area contributed by atoms with Crippen LogP contribution in [0.4, 0.5) is 0 Å². The zero-order valence-electron chi connectivity index (χ0n) is 12.8. The Hall–Kier alpha value is -1.80. The number of benzene rings is 2. The van der Waals surface area contributed by atoms with Crippen molar-refractivity contribution in [1.29, 1.82) is 0 Å². The minimum Gasteiger partial charge on any atom is -0.335 e. The van der Waals surface area contributed by atoms with Gasteiger partial charge in [0.1, 0.15) is 0 Å². The standard InChI is InChI=1S/C19H20ClNO/c1-14-6-4-8-16(12-14)18-10-5-11-21(18)19(22)13-15-7-2-3-9-17(15)20/h2-4,6-9,12,18H,5,10-11,13H2,1H3. The van der Waals surface area contributed by atoms with Gasteiger partial charge in [-0.15, -0.1) is 0 Å². The van der Waals surface area contributed by atoms with Gasteiger partial charge in [0, 0.05) is 11.6 Å². The number of hydrogen-bond acceptors (Lipinski definition) is 1. The fourth-order valence-electron chi connectivity index (χ4n) is 3.20. The van der Waals surface area contributed by atoms with Crippen LogP contribution in [0.5, 0.6) is 0 Å². The molecule has 0 N–H and O–H groups in total. The van der Waals surface area contributed by atoms with Gasteiger partial charge in [0.2, 0.25) is 5.91 Å². The van der Waals surface area contributed by atoms with E-state index in [4.69, 9.17) is 11.6 Å². The van der Waals surface area contributed by atoms with E-state index in [0.29, 0.717) is 11.4 Å². The summed E-state index contributed by atoms with van der Waals surface area (Å²) in [5.74, 6) is 0.164. The number of amides is 1. The van der Waals surface area contributed by atoms with Gasteiger partial charge in [-0.05, 0) is 37.0 Å². The minimum absolute atomic E-state index is 0.164. The maximum atomic E-state index is 12.7. The molecule has 1 amide bonds. The van der Waals surface area contributed by atoms with Crippen molar-refractivity contribution >= 4 is 17.5 Å². The fourth-order valence-corrected chi connectivity index (χ4v) is 3.40. The van der Waals surface area contributed by atoms with E-state index >= 15 is 0 Å². The van der Waals surface area contributed by atoms with Crippen molar-refractivity contribution in [2.45, 2.75) is 32.2 Å². The smallest absolute Gasteiger partial charge is 0.227 e. The molecule has 0 bridgehead atoms. The van der Waals surface area contributed by atoms with Crippen molar-refractivity contribution in [2.75, 3.05) is 6.54 Å². The topological polar surface area (TPSA) is 20.3 Å². The molecule has 1 saturated heterocycles. The van der Waals surface area contributed by atoms with Gasteiger partial charge in [-0.1, -0.05) is 59.6 Å². The first-order valence-electron chi connectivity index (χ1n) is 7.74. The third-order valence-electron chi connectivity index (χ3n) is 4.30. The molecule has 1 fully saturated rings. The monoisotopic (exact) mass is 313 g/mol. The SMILES string of the molecule is Cc1cccc(C2CCCN2C(=O)Cc2ccccc2Cl)c1. The molecule has 2 nitrogen and oxygen atoms in total. The first-order chi connectivity index (χ1) is 10.6.